The molecule has 1 unspecified atom stereocenters. The maximum absolute atomic E-state index is 5.84. The quantitative estimate of drug-likeness (QED) is 0.356. The van der Waals surface area contributed by atoms with Crippen molar-refractivity contribution in [3.63, 3.8) is 0 Å². The number of fused-ring (bicyclic) bond motifs is 4. The van der Waals surface area contributed by atoms with E-state index in [-0.39, 0.29) is 5.92 Å². The zero-order valence-electron chi connectivity index (χ0n) is 16.0. The Bertz CT molecular complexity index is 1220. The fourth-order valence-electron chi connectivity index (χ4n) is 4.56. The molecule has 1 heterocycles. The van der Waals surface area contributed by atoms with Gasteiger partial charge in [-0.2, -0.15) is 0 Å². The van der Waals surface area contributed by atoms with Crippen molar-refractivity contribution in [2.45, 2.75) is 12.8 Å². The number of aryl methyl sites for hydroxylation is 1. The van der Waals surface area contributed by atoms with Gasteiger partial charge in [-0.15, -0.1) is 0 Å². The Morgan fingerprint density at radius 3 is 2.50 bits per heavy atom. The van der Waals surface area contributed by atoms with Crippen molar-refractivity contribution in [2.24, 2.45) is 0 Å². The molecular weight excluding hydrogens is 414 g/mol. The summed E-state index contributed by atoms with van der Waals surface area (Å²) < 4.78 is 12.5. The molecule has 0 amide bonds. The van der Waals surface area contributed by atoms with Crippen molar-refractivity contribution in [1.29, 1.82) is 0 Å². The number of aromatic amines is 1. The predicted octanol–water partition coefficient (Wildman–Crippen LogP) is 6.42. The average molecular weight is 434 g/mol. The number of H-pyrrole nitrogens is 1. The molecule has 1 aliphatic rings. The summed E-state index contributed by atoms with van der Waals surface area (Å²) in [5, 5.41) is 1.23. The van der Waals surface area contributed by atoms with E-state index in [0.717, 1.165) is 21.5 Å². The molecule has 140 valence electrons. The van der Waals surface area contributed by atoms with Crippen molar-refractivity contribution >= 4 is 26.8 Å². The van der Waals surface area contributed by atoms with Crippen molar-refractivity contribution in [1.82, 2.24) is 4.98 Å². The normalized spacial score (nSPS) is 14.8. The highest BCUT2D eigenvalue weighted by molar-refractivity contribution is 9.10. The Hall–Kier alpha value is -2.72. The van der Waals surface area contributed by atoms with Crippen molar-refractivity contribution in [3.8, 4) is 22.6 Å². The topological polar surface area (TPSA) is 34.2 Å². The molecule has 1 aromatic heterocycles. The number of hydrogen-bond acceptors (Lipinski definition) is 2. The van der Waals surface area contributed by atoms with E-state index in [1.807, 2.05) is 6.07 Å². The van der Waals surface area contributed by atoms with Gasteiger partial charge in [0.1, 0.15) is 11.5 Å². The highest BCUT2D eigenvalue weighted by Crippen LogP contribution is 2.54. The van der Waals surface area contributed by atoms with E-state index < -0.39 is 0 Å². The molecule has 3 aromatic carbocycles. The number of nitrogens with one attached hydrogen (secondary N) is 1. The number of benzene rings is 3. The number of rotatable bonds is 3. The van der Waals surface area contributed by atoms with Gasteiger partial charge in [-0.3, -0.25) is 0 Å². The van der Waals surface area contributed by atoms with Gasteiger partial charge in [0.15, 0.2) is 0 Å². The third-order valence-corrected chi connectivity index (χ3v) is 6.39. The van der Waals surface area contributed by atoms with E-state index in [4.69, 9.17) is 9.47 Å². The molecule has 4 heteroatoms. The highest BCUT2D eigenvalue weighted by atomic mass is 79.9. The molecule has 0 saturated carbocycles. The third kappa shape index (κ3) is 2.34. The van der Waals surface area contributed by atoms with E-state index in [0.29, 0.717) is 0 Å². The van der Waals surface area contributed by atoms with E-state index in [2.05, 4.69) is 76.4 Å². The van der Waals surface area contributed by atoms with E-state index in [1.165, 1.54) is 38.9 Å². The van der Waals surface area contributed by atoms with Gasteiger partial charge in [0.05, 0.1) is 19.7 Å². The lowest BCUT2D eigenvalue weighted by molar-refractivity contribution is 0.391. The zero-order chi connectivity index (χ0) is 19.4. The number of halogens is 1. The first-order chi connectivity index (χ1) is 13.6. The molecule has 0 spiro atoms. The Labute approximate surface area is 172 Å². The summed E-state index contributed by atoms with van der Waals surface area (Å²) in [5.74, 6) is 1.78. The van der Waals surface area contributed by atoms with E-state index in [1.54, 1.807) is 14.2 Å². The summed E-state index contributed by atoms with van der Waals surface area (Å²) in [4.78, 5) is 3.58. The largest absolute Gasteiger partial charge is 0.497 e. The van der Waals surface area contributed by atoms with Gasteiger partial charge >= 0.3 is 0 Å². The zero-order valence-corrected chi connectivity index (χ0v) is 17.6. The Morgan fingerprint density at radius 1 is 0.893 bits per heavy atom. The van der Waals surface area contributed by atoms with Crippen LogP contribution in [0.2, 0.25) is 0 Å². The summed E-state index contributed by atoms with van der Waals surface area (Å²) in [6.45, 7) is 2.15. The van der Waals surface area contributed by atoms with Crippen LogP contribution in [0.1, 0.15) is 28.3 Å². The van der Waals surface area contributed by atoms with E-state index in [9.17, 15) is 0 Å². The van der Waals surface area contributed by atoms with Crippen LogP contribution >= 0.6 is 15.9 Å². The molecule has 28 heavy (non-hydrogen) atoms. The molecule has 0 aliphatic heterocycles. The van der Waals surface area contributed by atoms with Crippen LogP contribution in [0.5, 0.6) is 11.5 Å². The molecule has 0 radical (unpaired) electrons. The van der Waals surface area contributed by atoms with Gasteiger partial charge in [0.2, 0.25) is 0 Å². The SMILES string of the molecule is COc1cc(OC)c2c(c1)-c1ccccc1C2c1c(C)[nH]c2c(Br)cccc12. The maximum atomic E-state index is 5.84. The molecular formula is C24H20BrNO2. The molecule has 1 N–H and O–H groups in total. The molecule has 3 nitrogen and oxygen atoms in total. The first kappa shape index (κ1) is 17.4. The first-order valence-corrected chi connectivity index (χ1v) is 10.0. The smallest absolute Gasteiger partial charge is 0.127 e. The minimum absolute atomic E-state index is 0.107. The Kier molecular flexibility index (Phi) is 3.98. The molecule has 0 bridgehead atoms. The summed E-state index contributed by atoms with van der Waals surface area (Å²) in [6, 6.07) is 19.1. The fourth-order valence-corrected chi connectivity index (χ4v) is 5.03. The van der Waals surface area contributed by atoms with Crippen LogP contribution in [-0.2, 0) is 0 Å². The maximum Gasteiger partial charge on any atom is 0.127 e. The second kappa shape index (κ2) is 6.42. The summed E-state index contributed by atoms with van der Waals surface area (Å²) in [6.07, 6.45) is 0. The molecule has 1 atom stereocenters. The molecule has 0 saturated heterocycles. The number of aromatic nitrogens is 1. The van der Waals surface area contributed by atoms with Crippen LogP contribution in [0, 0.1) is 6.92 Å². The van der Waals surface area contributed by atoms with Gasteiger partial charge in [-0.25, -0.2) is 0 Å². The Balaban J connectivity index is 1.88. The van der Waals surface area contributed by atoms with Gasteiger partial charge in [0, 0.05) is 33.1 Å². The molecule has 4 aromatic rings. The molecule has 0 fully saturated rings. The van der Waals surface area contributed by atoms with Crippen LogP contribution in [0.25, 0.3) is 22.0 Å². The second-order valence-electron chi connectivity index (χ2n) is 7.14. The number of ether oxygens (including phenoxy) is 2. The lowest BCUT2D eigenvalue weighted by Crippen LogP contribution is -2.03. The lowest BCUT2D eigenvalue weighted by atomic mass is 9.87. The van der Waals surface area contributed by atoms with Crippen LogP contribution < -0.4 is 9.47 Å². The fraction of sp³-hybridized carbons (Fsp3) is 0.167. The average Bonchev–Trinajstić information content (AvgIpc) is 3.22. The lowest BCUT2D eigenvalue weighted by Gasteiger charge is -2.18. The number of para-hydroxylation sites is 1. The molecule has 5 rings (SSSR count). The van der Waals surface area contributed by atoms with Gasteiger partial charge < -0.3 is 14.5 Å². The number of hydrogen-bond donors (Lipinski definition) is 1. The standard InChI is InChI=1S/C24H20BrNO2/c1-13-21(17-9-6-10-19(25)24(17)26-13)23-16-8-5-4-7-15(16)18-11-14(27-2)12-20(28-3)22(18)23/h4-12,23,26H,1-3H3. The Morgan fingerprint density at radius 2 is 1.71 bits per heavy atom. The van der Waals surface area contributed by atoms with Crippen molar-refractivity contribution in [2.75, 3.05) is 14.2 Å². The van der Waals surface area contributed by atoms with Crippen molar-refractivity contribution < 1.29 is 9.47 Å². The minimum Gasteiger partial charge on any atom is -0.497 e. The summed E-state index contributed by atoms with van der Waals surface area (Å²) in [5.41, 5.74) is 8.53. The van der Waals surface area contributed by atoms with Crippen LogP contribution in [-0.4, -0.2) is 19.2 Å². The highest BCUT2D eigenvalue weighted by Gasteiger charge is 2.35. The van der Waals surface area contributed by atoms with Gasteiger partial charge in [0.25, 0.3) is 0 Å². The summed E-state index contributed by atoms with van der Waals surface area (Å²) >= 11 is 3.69. The van der Waals surface area contributed by atoms with Crippen LogP contribution in [0.4, 0.5) is 0 Å². The van der Waals surface area contributed by atoms with Crippen LogP contribution in [0.15, 0.2) is 59.1 Å². The first-order valence-electron chi connectivity index (χ1n) is 9.26. The second-order valence-corrected chi connectivity index (χ2v) is 7.99. The predicted molar refractivity (Wildman–Crippen MR) is 117 cm³/mol. The van der Waals surface area contributed by atoms with Crippen molar-refractivity contribution in [3.05, 3.63) is 81.5 Å². The third-order valence-electron chi connectivity index (χ3n) is 5.73. The molecule has 1 aliphatic carbocycles. The number of methoxy groups -OCH3 is 2. The minimum atomic E-state index is 0.107. The van der Waals surface area contributed by atoms with Gasteiger partial charge in [-0.05, 0) is 57.2 Å². The van der Waals surface area contributed by atoms with Gasteiger partial charge in [-0.1, -0.05) is 36.4 Å². The summed E-state index contributed by atoms with van der Waals surface area (Å²) in [7, 11) is 3.43. The monoisotopic (exact) mass is 433 g/mol. The van der Waals surface area contributed by atoms with E-state index >= 15 is 0 Å². The van der Waals surface area contributed by atoms with Crippen LogP contribution in [0.3, 0.4) is 0 Å².